The van der Waals surface area contributed by atoms with E-state index < -0.39 is 17.3 Å². The second kappa shape index (κ2) is 4.99. The Bertz CT molecular complexity index is 977. The Morgan fingerprint density at radius 2 is 2.05 bits per heavy atom. The van der Waals surface area contributed by atoms with E-state index in [4.69, 9.17) is 0 Å². The number of hydrogen-bond acceptors (Lipinski definition) is 5. The van der Waals surface area contributed by atoms with Crippen molar-refractivity contribution >= 4 is 28.1 Å². The molecule has 0 aliphatic carbocycles. The summed E-state index contributed by atoms with van der Waals surface area (Å²) >= 11 is 1.13. The van der Waals surface area contributed by atoms with Crippen molar-refractivity contribution in [2.75, 3.05) is 0 Å². The lowest BCUT2D eigenvalue weighted by Gasteiger charge is -2.12. The van der Waals surface area contributed by atoms with Crippen molar-refractivity contribution in [1.82, 2.24) is 14.8 Å². The molecule has 2 heterocycles. The van der Waals surface area contributed by atoms with Crippen LogP contribution in [0.2, 0.25) is 0 Å². The fraction of sp³-hybridized carbons (Fsp3) is 0.143. The van der Waals surface area contributed by atoms with Crippen LogP contribution in [0.4, 0.5) is 4.39 Å². The molecular weight excluding hydrogens is 309 g/mol. The molecule has 0 unspecified atom stereocenters. The maximum atomic E-state index is 14.1. The highest BCUT2D eigenvalue weighted by molar-refractivity contribution is 7.13. The molecule has 0 saturated heterocycles. The number of aromatic carboxylic acids is 1. The topological polar surface area (TPSA) is 85.1 Å². The summed E-state index contributed by atoms with van der Waals surface area (Å²) in [5, 5.41) is 17.8. The monoisotopic (exact) mass is 319 g/mol. The van der Waals surface area contributed by atoms with Gasteiger partial charge in [-0.1, -0.05) is 23.5 Å². The number of rotatable bonds is 2. The van der Waals surface area contributed by atoms with E-state index in [1.165, 1.54) is 19.1 Å². The number of hydrogen-bond donors (Lipinski definition) is 1. The van der Waals surface area contributed by atoms with Crippen LogP contribution in [0.5, 0.6) is 0 Å². The first-order valence-electron chi connectivity index (χ1n) is 6.29. The molecule has 22 heavy (non-hydrogen) atoms. The summed E-state index contributed by atoms with van der Waals surface area (Å²) in [4.78, 5) is 24.2. The summed E-state index contributed by atoms with van der Waals surface area (Å²) in [6.45, 7) is 3.20. The van der Waals surface area contributed by atoms with Crippen molar-refractivity contribution < 1.29 is 14.3 Å². The van der Waals surface area contributed by atoms with Crippen molar-refractivity contribution in [3.63, 3.8) is 0 Å². The van der Waals surface area contributed by atoms with Gasteiger partial charge in [0, 0.05) is 11.1 Å². The molecule has 2 aromatic heterocycles. The lowest BCUT2D eigenvalue weighted by Crippen LogP contribution is -2.25. The van der Waals surface area contributed by atoms with Crippen molar-refractivity contribution in [3.05, 3.63) is 50.6 Å². The number of pyridine rings is 1. The number of nitrogens with zero attached hydrogens (tertiary/aromatic N) is 3. The molecule has 3 rings (SSSR count). The van der Waals surface area contributed by atoms with Crippen molar-refractivity contribution in [2.24, 2.45) is 0 Å². The van der Waals surface area contributed by atoms with E-state index >= 15 is 0 Å². The Labute approximate surface area is 127 Å². The second-order valence-corrected chi connectivity index (χ2v) is 5.83. The number of aryl methyl sites for hydroxylation is 1. The Kier molecular flexibility index (Phi) is 3.25. The van der Waals surface area contributed by atoms with Crippen LogP contribution in [0.15, 0.2) is 23.0 Å². The third kappa shape index (κ3) is 2.00. The molecule has 0 aliphatic heterocycles. The molecule has 0 aliphatic rings. The molecule has 6 nitrogen and oxygen atoms in total. The summed E-state index contributed by atoms with van der Waals surface area (Å²) in [7, 11) is 0. The summed E-state index contributed by atoms with van der Waals surface area (Å²) in [5.41, 5.74) is -0.583. The Balaban J connectivity index is 2.56. The average Bonchev–Trinajstić information content (AvgIpc) is 2.84. The fourth-order valence-corrected chi connectivity index (χ4v) is 3.14. The zero-order valence-corrected chi connectivity index (χ0v) is 12.4. The first-order valence-corrected chi connectivity index (χ1v) is 7.11. The van der Waals surface area contributed by atoms with Gasteiger partial charge in [-0.15, -0.1) is 10.2 Å². The summed E-state index contributed by atoms with van der Waals surface area (Å²) in [6.07, 6.45) is 0. The Hall–Kier alpha value is -2.61. The molecule has 0 saturated carbocycles. The van der Waals surface area contributed by atoms with Crippen LogP contribution in [-0.2, 0) is 0 Å². The third-order valence-electron chi connectivity index (χ3n) is 3.32. The Morgan fingerprint density at radius 3 is 2.64 bits per heavy atom. The average molecular weight is 319 g/mol. The highest BCUT2D eigenvalue weighted by Crippen LogP contribution is 2.24. The molecule has 0 spiro atoms. The molecule has 1 N–H and O–H groups in total. The second-order valence-electron chi connectivity index (χ2n) is 4.67. The number of benzene rings is 1. The van der Waals surface area contributed by atoms with Gasteiger partial charge in [-0.3, -0.25) is 9.36 Å². The van der Waals surface area contributed by atoms with Crippen LogP contribution in [-0.4, -0.2) is 25.8 Å². The minimum absolute atomic E-state index is 0.0764. The molecule has 1 aromatic carbocycles. The molecular formula is C14H10FN3O3S. The summed E-state index contributed by atoms with van der Waals surface area (Å²) in [5.74, 6) is -2.00. The highest BCUT2D eigenvalue weighted by Gasteiger charge is 2.22. The van der Waals surface area contributed by atoms with Crippen molar-refractivity contribution in [2.45, 2.75) is 13.8 Å². The van der Waals surface area contributed by atoms with Crippen LogP contribution in [0, 0.1) is 19.7 Å². The lowest BCUT2D eigenvalue weighted by atomic mass is 10.0. The van der Waals surface area contributed by atoms with Crippen LogP contribution >= 0.6 is 11.3 Å². The number of carboxylic acids is 1. The van der Waals surface area contributed by atoms with Crippen LogP contribution in [0.3, 0.4) is 0 Å². The van der Waals surface area contributed by atoms with E-state index in [0.717, 1.165) is 22.0 Å². The number of halogens is 1. The van der Waals surface area contributed by atoms with Crippen molar-refractivity contribution in [1.29, 1.82) is 0 Å². The first-order chi connectivity index (χ1) is 10.4. The fourth-order valence-electron chi connectivity index (χ4n) is 2.40. The maximum absolute atomic E-state index is 14.1. The quantitative estimate of drug-likeness (QED) is 0.783. The molecule has 0 bridgehead atoms. The van der Waals surface area contributed by atoms with E-state index in [1.54, 1.807) is 6.92 Å². The minimum atomic E-state index is -1.23. The van der Waals surface area contributed by atoms with Crippen molar-refractivity contribution in [3.8, 4) is 5.13 Å². The number of aromatic nitrogens is 3. The first kappa shape index (κ1) is 14.3. The predicted octanol–water partition coefficient (Wildman–Crippen LogP) is 2.30. The molecule has 112 valence electrons. The van der Waals surface area contributed by atoms with Gasteiger partial charge in [0.15, 0.2) is 0 Å². The van der Waals surface area contributed by atoms with Crippen LogP contribution in [0.1, 0.15) is 21.1 Å². The van der Waals surface area contributed by atoms with Gasteiger partial charge in [-0.05, 0) is 19.9 Å². The highest BCUT2D eigenvalue weighted by atomic mass is 32.1. The molecule has 0 amide bonds. The van der Waals surface area contributed by atoms with Gasteiger partial charge in [0.1, 0.15) is 10.8 Å². The molecule has 8 heteroatoms. The molecule has 0 fully saturated rings. The maximum Gasteiger partial charge on any atom is 0.338 e. The van der Waals surface area contributed by atoms with Gasteiger partial charge in [0.05, 0.1) is 10.9 Å². The standard InChI is InChI=1S/C14H10FN3O3S/c1-6-10(13(20)21)8-4-3-5-9(15)11(8)12(19)18(6)14-17-16-7(2)22-14/h3-5H,1-2H3,(H,20,21). The molecule has 3 aromatic rings. The van der Waals surface area contributed by atoms with Gasteiger partial charge in [-0.2, -0.15) is 0 Å². The van der Waals surface area contributed by atoms with Gasteiger partial charge >= 0.3 is 5.97 Å². The van der Waals surface area contributed by atoms with Gasteiger partial charge < -0.3 is 5.11 Å². The van der Waals surface area contributed by atoms with Crippen LogP contribution in [0.25, 0.3) is 15.9 Å². The number of carbonyl (C=O) groups is 1. The van der Waals surface area contributed by atoms with E-state index in [1.807, 2.05) is 0 Å². The Morgan fingerprint density at radius 1 is 1.32 bits per heavy atom. The normalized spacial score (nSPS) is 11.0. The zero-order chi connectivity index (χ0) is 16.0. The van der Waals surface area contributed by atoms with E-state index in [-0.39, 0.29) is 27.2 Å². The molecule has 0 atom stereocenters. The zero-order valence-electron chi connectivity index (χ0n) is 11.6. The van der Waals surface area contributed by atoms with Gasteiger partial charge in [0.2, 0.25) is 5.13 Å². The van der Waals surface area contributed by atoms with Gasteiger partial charge in [-0.25, -0.2) is 9.18 Å². The number of carboxylic acid groups (broad SMARTS) is 1. The van der Waals surface area contributed by atoms with E-state index in [9.17, 15) is 19.1 Å². The number of fused-ring (bicyclic) bond motifs is 1. The van der Waals surface area contributed by atoms with E-state index in [0.29, 0.717) is 5.01 Å². The molecule has 0 radical (unpaired) electrons. The largest absolute Gasteiger partial charge is 0.478 e. The van der Waals surface area contributed by atoms with Gasteiger partial charge in [0.25, 0.3) is 5.56 Å². The minimum Gasteiger partial charge on any atom is -0.478 e. The van der Waals surface area contributed by atoms with E-state index in [2.05, 4.69) is 10.2 Å². The summed E-state index contributed by atoms with van der Waals surface area (Å²) in [6, 6.07) is 3.93. The predicted molar refractivity (Wildman–Crippen MR) is 79.4 cm³/mol. The lowest BCUT2D eigenvalue weighted by molar-refractivity contribution is 0.0697. The van der Waals surface area contributed by atoms with Crippen LogP contribution < -0.4 is 5.56 Å². The third-order valence-corrected chi connectivity index (χ3v) is 4.14. The summed E-state index contributed by atoms with van der Waals surface area (Å²) < 4.78 is 15.2. The SMILES string of the molecule is Cc1nnc(-n2c(C)c(C(=O)O)c3cccc(F)c3c2=O)s1. The smallest absolute Gasteiger partial charge is 0.338 e.